The number of hydrogen-bond donors (Lipinski definition) is 2. The molecule has 0 saturated heterocycles. The molecule has 0 aliphatic heterocycles. The molecule has 136 valence electrons. The van der Waals surface area contributed by atoms with Crippen molar-refractivity contribution in [3.63, 3.8) is 0 Å². The van der Waals surface area contributed by atoms with E-state index in [4.69, 9.17) is 0 Å². The molecule has 1 amide bonds. The van der Waals surface area contributed by atoms with Gasteiger partial charge in [0.2, 0.25) is 0 Å². The third kappa shape index (κ3) is 3.21. The van der Waals surface area contributed by atoms with Gasteiger partial charge in [0, 0.05) is 28.2 Å². The summed E-state index contributed by atoms with van der Waals surface area (Å²) in [6.45, 7) is 0. The number of halogens is 1. The summed E-state index contributed by atoms with van der Waals surface area (Å²) in [5.74, 6) is -0.948. The Bertz CT molecular complexity index is 1060. The average molecular weight is 422 g/mol. The second-order valence-electron chi connectivity index (χ2n) is 5.70. The first-order chi connectivity index (χ1) is 12.1. The monoisotopic (exact) mass is 421 g/mol. The molecule has 0 aliphatic carbocycles. The lowest BCUT2D eigenvalue weighted by atomic mass is 10.1. The topological polar surface area (TPSA) is 120 Å². The maximum absolute atomic E-state index is 12.4. The van der Waals surface area contributed by atoms with Crippen LogP contribution < -0.4 is 16.4 Å². The number of carbonyl (C=O) groups is 1. The molecule has 0 fully saturated rings. The molecule has 10 heteroatoms. The Balaban J connectivity index is 2.71. The van der Waals surface area contributed by atoms with Gasteiger partial charge in [-0.25, -0.2) is 9.36 Å². The first-order valence-electron chi connectivity index (χ1n) is 7.31. The molecule has 1 aromatic heterocycles. The number of phenols is 1. The van der Waals surface area contributed by atoms with Crippen LogP contribution in [-0.4, -0.2) is 39.4 Å². The number of carbonyl (C=O) groups excluding carboxylic acids is 1. The van der Waals surface area contributed by atoms with Gasteiger partial charge in [-0.3, -0.25) is 14.4 Å². The number of aromatic nitrogens is 2. The minimum absolute atomic E-state index is 0.0367. The van der Waals surface area contributed by atoms with Crippen LogP contribution in [-0.2, 0) is 14.1 Å². The largest absolute Gasteiger partial charge is 0.505 e. The van der Waals surface area contributed by atoms with Crippen LogP contribution in [0.1, 0.15) is 15.9 Å². The third-order valence-electron chi connectivity index (χ3n) is 3.79. The number of amides is 1. The lowest BCUT2D eigenvalue weighted by molar-refractivity contribution is 0.0824. The number of nitriles is 1. The second kappa shape index (κ2) is 7.05. The van der Waals surface area contributed by atoms with Crippen molar-refractivity contribution in [1.82, 2.24) is 14.3 Å². The van der Waals surface area contributed by atoms with Crippen LogP contribution in [0.15, 0.2) is 26.2 Å². The van der Waals surface area contributed by atoms with Crippen molar-refractivity contribution in [3.8, 4) is 11.8 Å². The van der Waals surface area contributed by atoms with E-state index in [0.717, 1.165) is 9.36 Å². The van der Waals surface area contributed by atoms with Gasteiger partial charge in [0.1, 0.15) is 10.2 Å². The van der Waals surface area contributed by atoms with Crippen LogP contribution in [0.2, 0.25) is 0 Å². The molecule has 0 spiro atoms. The minimum Gasteiger partial charge on any atom is -0.505 e. The number of hydrogen-bond acceptors (Lipinski definition) is 6. The van der Waals surface area contributed by atoms with Gasteiger partial charge in [0.15, 0.2) is 5.75 Å². The van der Waals surface area contributed by atoms with E-state index in [2.05, 4.69) is 21.2 Å². The number of benzene rings is 1. The molecule has 0 aliphatic rings. The van der Waals surface area contributed by atoms with Crippen molar-refractivity contribution in [3.05, 3.63) is 48.4 Å². The molecular weight excluding hydrogens is 406 g/mol. The number of rotatable bonds is 3. The zero-order valence-electron chi connectivity index (χ0n) is 14.5. The van der Waals surface area contributed by atoms with Crippen molar-refractivity contribution < 1.29 is 9.90 Å². The lowest BCUT2D eigenvalue weighted by Crippen LogP contribution is -2.36. The minimum atomic E-state index is -0.541. The van der Waals surface area contributed by atoms with E-state index in [0.29, 0.717) is 0 Å². The van der Waals surface area contributed by atoms with Crippen LogP contribution in [0.3, 0.4) is 0 Å². The molecule has 26 heavy (non-hydrogen) atoms. The van der Waals surface area contributed by atoms with Crippen LogP contribution in [0, 0.1) is 11.3 Å². The molecule has 0 atom stereocenters. The predicted molar refractivity (Wildman–Crippen MR) is 98.7 cm³/mol. The Hall–Kier alpha value is -3.06. The lowest BCUT2D eigenvalue weighted by Gasteiger charge is -2.16. The van der Waals surface area contributed by atoms with Crippen LogP contribution >= 0.6 is 15.9 Å². The molecule has 2 aromatic rings. The van der Waals surface area contributed by atoms with Crippen LogP contribution in [0.4, 0.5) is 11.4 Å². The maximum atomic E-state index is 12.4. The fourth-order valence-corrected chi connectivity index (χ4v) is 2.74. The highest BCUT2D eigenvalue weighted by atomic mass is 79.9. The number of nitrogens with zero attached hydrogens (tertiary/aromatic N) is 4. The van der Waals surface area contributed by atoms with Crippen LogP contribution in [0.25, 0.3) is 0 Å². The Morgan fingerprint density at radius 2 is 1.81 bits per heavy atom. The highest BCUT2D eigenvalue weighted by molar-refractivity contribution is 9.10. The number of phenolic OH excluding ortho intramolecular Hbond substituents is 1. The van der Waals surface area contributed by atoms with Crippen molar-refractivity contribution in [2.45, 2.75) is 0 Å². The molecule has 9 nitrogen and oxygen atoms in total. The smallest absolute Gasteiger partial charge is 0.289 e. The SMILES string of the molecule is CN(C)C(=O)c1cc(C#N)cc(Nc2c(Br)c(=O)n(C)n(C)c2=O)c1O. The Labute approximate surface area is 156 Å². The van der Waals surface area contributed by atoms with E-state index in [1.165, 1.54) is 45.2 Å². The van der Waals surface area contributed by atoms with E-state index < -0.39 is 22.8 Å². The molecule has 0 unspecified atom stereocenters. The summed E-state index contributed by atoms with van der Waals surface area (Å²) in [6, 6.07) is 4.43. The van der Waals surface area contributed by atoms with E-state index in [9.17, 15) is 24.8 Å². The highest BCUT2D eigenvalue weighted by Gasteiger charge is 2.21. The van der Waals surface area contributed by atoms with Crippen molar-refractivity contribution >= 4 is 33.2 Å². The fraction of sp³-hybridized carbons (Fsp3) is 0.250. The summed E-state index contributed by atoms with van der Waals surface area (Å²) in [5.41, 5.74) is -1.18. The molecule has 2 rings (SSSR count). The van der Waals surface area contributed by atoms with Gasteiger partial charge in [-0.05, 0) is 28.1 Å². The van der Waals surface area contributed by atoms with E-state index in [1.54, 1.807) is 0 Å². The number of anilines is 2. The molecule has 1 heterocycles. The van der Waals surface area contributed by atoms with Crippen molar-refractivity contribution in [1.29, 1.82) is 5.26 Å². The maximum Gasteiger partial charge on any atom is 0.289 e. The van der Waals surface area contributed by atoms with Crippen molar-refractivity contribution in [2.75, 3.05) is 19.4 Å². The number of aromatic hydroxyl groups is 1. The Morgan fingerprint density at radius 3 is 2.35 bits per heavy atom. The third-order valence-corrected chi connectivity index (χ3v) is 4.53. The highest BCUT2D eigenvalue weighted by Crippen LogP contribution is 2.33. The van der Waals surface area contributed by atoms with Gasteiger partial charge >= 0.3 is 0 Å². The van der Waals surface area contributed by atoms with Crippen molar-refractivity contribution in [2.24, 2.45) is 14.1 Å². The summed E-state index contributed by atoms with van der Waals surface area (Å²) in [5, 5.41) is 22.3. The standard InChI is InChI=1S/C16H16BrN5O4/c1-20(2)14(24)9-5-8(7-18)6-10(13(9)23)19-12-11(17)15(25)21(3)22(4)16(12)26/h5-6,19,23H,1-4H3. The average Bonchev–Trinajstić information content (AvgIpc) is 2.62. The van der Waals surface area contributed by atoms with Gasteiger partial charge in [0.25, 0.3) is 17.0 Å². The fourth-order valence-electron chi connectivity index (χ4n) is 2.22. The summed E-state index contributed by atoms with van der Waals surface area (Å²) < 4.78 is 2.17. The summed E-state index contributed by atoms with van der Waals surface area (Å²) in [6.07, 6.45) is 0. The van der Waals surface area contributed by atoms with E-state index in [1.807, 2.05) is 6.07 Å². The van der Waals surface area contributed by atoms with E-state index >= 15 is 0 Å². The summed E-state index contributed by atoms with van der Waals surface area (Å²) in [4.78, 5) is 38.1. The van der Waals surface area contributed by atoms with Gasteiger partial charge < -0.3 is 15.3 Å². The molecule has 1 aromatic carbocycles. The zero-order chi connectivity index (χ0) is 19.8. The van der Waals surface area contributed by atoms with E-state index in [-0.39, 0.29) is 27.0 Å². The molecule has 0 radical (unpaired) electrons. The first kappa shape index (κ1) is 19.3. The predicted octanol–water partition coefficient (Wildman–Crippen LogP) is 0.869. The Morgan fingerprint density at radius 1 is 1.23 bits per heavy atom. The van der Waals surface area contributed by atoms with Gasteiger partial charge in [-0.1, -0.05) is 0 Å². The normalized spacial score (nSPS) is 10.3. The first-order valence-corrected chi connectivity index (χ1v) is 8.11. The molecule has 2 N–H and O–H groups in total. The van der Waals surface area contributed by atoms with Gasteiger partial charge in [-0.15, -0.1) is 0 Å². The van der Waals surface area contributed by atoms with Crippen LogP contribution in [0.5, 0.6) is 5.75 Å². The zero-order valence-corrected chi connectivity index (χ0v) is 16.1. The summed E-state index contributed by atoms with van der Waals surface area (Å²) >= 11 is 3.07. The van der Waals surface area contributed by atoms with Gasteiger partial charge in [0.05, 0.1) is 22.9 Å². The van der Waals surface area contributed by atoms with Gasteiger partial charge in [-0.2, -0.15) is 5.26 Å². The summed E-state index contributed by atoms with van der Waals surface area (Å²) in [7, 11) is 5.84. The molecule has 0 saturated carbocycles. The quantitative estimate of drug-likeness (QED) is 0.709. The number of nitrogens with one attached hydrogen (secondary N) is 1. The molecular formula is C16H16BrN5O4. The second-order valence-corrected chi connectivity index (χ2v) is 6.50. The molecule has 0 bridgehead atoms. The Kier molecular flexibility index (Phi) is 5.22.